The Morgan fingerprint density at radius 3 is 2.66 bits per heavy atom. The van der Waals surface area contributed by atoms with Gasteiger partial charge < -0.3 is 10.2 Å². The lowest BCUT2D eigenvalue weighted by Crippen LogP contribution is -2.55. The van der Waals surface area contributed by atoms with E-state index in [9.17, 15) is 9.59 Å². The Morgan fingerprint density at radius 1 is 1.24 bits per heavy atom. The highest BCUT2D eigenvalue weighted by Crippen LogP contribution is 2.40. The lowest BCUT2D eigenvalue weighted by molar-refractivity contribution is -0.139. The first-order chi connectivity index (χ1) is 14.0. The zero-order chi connectivity index (χ0) is 20.4. The van der Waals surface area contributed by atoms with Crippen molar-refractivity contribution in [1.29, 1.82) is 0 Å². The van der Waals surface area contributed by atoms with E-state index in [2.05, 4.69) is 10.6 Å². The van der Waals surface area contributed by atoms with Gasteiger partial charge in [0.1, 0.15) is 0 Å². The van der Waals surface area contributed by atoms with Crippen molar-refractivity contribution in [1.82, 2.24) is 15.5 Å². The fourth-order valence-corrected chi connectivity index (χ4v) is 6.16. The third kappa shape index (κ3) is 4.87. The zero-order valence-electron chi connectivity index (χ0n) is 16.4. The molecule has 2 N–H and O–H groups in total. The van der Waals surface area contributed by atoms with Gasteiger partial charge in [-0.15, -0.1) is 11.8 Å². The molecular weight excluding hydrogens is 429 g/mol. The average Bonchev–Trinajstić information content (AvgIpc) is 3.06. The highest BCUT2D eigenvalue weighted by Gasteiger charge is 2.45. The molecule has 2 aliphatic heterocycles. The van der Waals surface area contributed by atoms with Gasteiger partial charge in [-0.05, 0) is 49.8 Å². The van der Waals surface area contributed by atoms with Crippen LogP contribution in [0, 0.1) is 5.92 Å². The summed E-state index contributed by atoms with van der Waals surface area (Å²) in [5.41, 5.74) is 0.977. The Bertz CT molecular complexity index is 779. The molecule has 3 fully saturated rings. The zero-order valence-corrected chi connectivity index (χ0v) is 18.7. The van der Waals surface area contributed by atoms with Crippen molar-refractivity contribution >= 4 is 46.8 Å². The largest absolute Gasteiger partial charge is 0.354 e. The van der Waals surface area contributed by atoms with Gasteiger partial charge in [0, 0.05) is 41.4 Å². The maximum Gasteiger partial charge on any atom is 0.238 e. The Kier molecular flexibility index (Phi) is 6.64. The molecule has 1 aliphatic carbocycles. The lowest BCUT2D eigenvalue weighted by atomic mass is 9.84. The van der Waals surface area contributed by atoms with Gasteiger partial charge in [-0.2, -0.15) is 0 Å². The number of hydrogen-bond donors (Lipinski definition) is 2. The summed E-state index contributed by atoms with van der Waals surface area (Å²) in [7, 11) is 0. The minimum atomic E-state index is -0.186. The summed E-state index contributed by atoms with van der Waals surface area (Å²) in [4.78, 5) is 27.0. The van der Waals surface area contributed by atoms with Gasteiger partial charge in [0.2, 0.25) is 11.8 Å². The van der Waals surface area contributed by atoms with Crippen LogP contribution in [0.15, 0.2) is 18.2 Å². The number of carbonyl (C=O) groups excluding carboxylic acids is 2. The van der Waals surface area contributed by atoms with Crippen LogP contribution in [-0.4, -0.2) is 53.0 Å². The SMILES string of the molecule is O=C(NCCc1ccc(Cl)cc1Cl)C1CSC2(CCN(C(=O)C3CCC3)CC2)N1. The molecule has 1 spiro atoms. The van der Waals surface area contributed by atoms with E-state index in [0.717, 1.165) is 50.1 Å². The van der Waals surface area contributed by atoms with E-state index >= 15 is 0 Å². The van der Waals surface area contributed by atoms with Gasteiger partial charge in [-0.25, -0.2) is 0 Å². The monoisotopic (exact) mass is 455 g/mol. The van der Waals surface area contributed by atoms with E-state index in [1.165, 1.54) is 6.42 Å². The van der Waals surface area contributed by atoms with E-state index in [4.69, 9.17) is 23.2 Å². The maximum atomic E-state index is 12.6. The Morgan fingerprint density at radius 2 is 2.00 bits per heavy atom. The number of halogens is 2. The third-order valence-corrected chi connectivity index (χ3v) is 8.49. The third-order valence-electron chi connectivity index (χ3n) is 6.33. The summed E-state index contributed by atoms with van der Waals surface area (Å²) in [6.07, 6.45) is 5.77. The molecular formula is C21H27Cl2N3O2S. The molecule has 1 unspecified atom stereocenters. The van der Waals surface area contributed by atoms with Crippen LogP contribution >= 0.6 is 35.0 Å². The van der Waals surface area contributed by atoms with Crippen molar-refractivity contribution in [2.75, 3.05) is 25.4 Å². The molecule has 4 rings (SSSR count). The summed E-state index contributed by atoms with van der Waals surface area (Å²) in [5.74, 6) is 1.40. The minimum Gasteiger partial charge on any atom is -0.354 e. The molecule has 0 bridgehead atoms. The molecule has 29 heavy (non-hydrogen) atoms. The molecule has 1 saturated carbocycles. The summed E-state index contributed by atoms with van der Waals surface area (Å²) in [6, 6.07) is 5.25. The number of hydrogen-bond acceptors (Lipinski definition) is 4. The first-order valence-corrected chi connectivity index (χ1v) is 12.1. The average molecular weight is 456 g/mol. The normalized spacial score (nSPS) is 23.8. The van der Waals surface area contributed by atoms with Gasteiger partial charge in [0.15, 0.2) is 0 Å². The molecule has 158 valence electrons. The van der Waals surface area contributed by atoms with Gasteiger partial charge in [0.25, 0.3) is 0 Å². The molecule has 1 aromatic rings. The van der Waals surface area contributed by atoms with Crippen LogP contribution in [0.2, 0.25) is 10.0 Å². The Balaban J connectivity index is 1.22. The van der Waals surface area contributed by atoms with Crippen LogP contribution < -0.4 is 10.6 Å². The second kappa shape index (κ2) is 9.04. The van der Waals surface area contributed by atoms with Crippen LogP contribution in [0.25, 0.3) is 0 Å². The number of carbonyl (C=O) groups is 2. The highest BCUT2D eigenvalue weighted by molar-refractivity contribution is 8.01. The molecule has 2 heterocycles. The van der Waals surface area contributed by atoms with E-state index in [-0.39, 0.29) is 22.7 Å². The number of nitrogens with one attached hydrogen (secondary N) is 2. The van der Waals surface area contributed by atoms with Crippen molar-refractivity contribution < 1.29 is 9.59 Å². The van der Waals surface area contributed by atoms with Crippen molar-refractivity contribution in [3.63, 3.8) is 0 Å². The number of piperidine rings is 1. The van der Waals surface area contributed by atoms with Crippen LogP contribution in [0.4, 0.5) is 0 Å². The second-order valence-corrected chi connectivity index (χ2v) is 10.5. The summed E-state index contributed by atoms with van der Waals surface area (Å²) in [5, 5.41) is 7.82. The molecule has 1 atom stereocenters. The summed E-state index contributed by atoms with van der Waals surface area (Å²) < 4.78 is 0. The number of thioether (sulfide) groups is 1. The summed E-state index contributed by atoms with van der Waals surface area (Å²) >= 11 is 14.0. The quantitative estimate of drug-likeness (QED) is 0.713. The van der Waals surface area contributed by atoms with Crippen LogP contribution in [0.5, 0.6) is 0 Å². The lowest BCUT2D eigenvalue weighted by Gasteiger charge is -2.41. The standard InChI is InChI=1S/C21H27Cl2N3O2S/c22-16-5-4-14(17(23)12-16)6-9-24-19(27)18-13-29-21(25-18)7-10-26(11-8-21)20(28)15-2-1-3-15/h4-5,12,15,18,25H,1-3,6-11,13H2,(H,24,27). The van der Waals surface area contributed by atoms with Crippen LogP contribution in [-0.2, 0) is 16.0 Å². The highest BCUT2D eigenvalue weighted by atomic mass is 35.5. The number of nitrogens with zero attached hydrogens (tertiary/aromatic N) is 1. The molecule has 1 aromatic carbocycles. The number of amides is 2. The van der Waals surface area contributed by atoms with Crippen molar-refractivity contribution in [2.45, 2.75) is 49.4 Å². The maximum absolute atomic E-state index is 12.6. The Labute approximate surface area is 186 Å². The smallest absolute Gasteiger partial charge is 0.238 e. The van der Waals surface area contributed by atoms with E-state index < -0.39 is 0 Å². The second-order valence-electron chi connectivity index (χ2n) is 8.23. The number of rotatable bonds is 5. The first-order valence-electron chi connectivity index (χ1n) is 10.4. The van der Waals surface area contributed by atoms with Crippen LogP contribution in [0.1, 0.15) is 37.7 Å². The van der Waals surface area contributed by atoms with Crippen molar-refractivity contribution in [2.24, 2.45) is 5.92 Å². The molecule has 8 heteroatoms. The number of likely N-dealkylation sites (tertiary alicyclic amines) is 1. The molecule has 3 aliphatic rings. The van der Waals surface area contributed by atoms with Crippen molar-refractivity contribution in [3.05, 3.63) is 33.8 Å². The molecule has 0 aromatic heterocycles. The fraction of sp³-hybridized carbons (Fsp3) is 0.619. The van der Waals surface area contributed by atoms with Gasteiger partial charge in [0.05, 0.1) is 10.9 Å². The van der Waals surface area contributed by atoms with Gasteiger partial charge in [-0.1, -0.05) is 35.7 Å². The molecule has 0 radical (unpaired) electrons. The minimum absolute atomic E-state index is 0.0347. The van der Waals surface area contributed by atoms with Crippen molar-refractivity contribution in [3.8, 4) is 0 Å². The molecule has 2 saturated heterocycles. The molecule has 5 nitrogen and oxygen atoms in total. The van der Waals surface area contributed by atoms with E-state index in [1.807, 2.05) is 28.8 Å². The van der Waals surface area contributed by atoms with Crippen LogP contribution in [0.3, 0.4) is 0 Å². The topological polar surface area (TPSA) is 61.4 Å². The van der Waals surface area contributed by atoms with Gasteiger partial charge >= 0.3 is 0 Å². The molecule has 2 amide bonds. The summed E-state index contributed by atoms with van der Waals surface area (Å²) in [6.45, 7) is 2.12. The predicted molar refractivity (Wildman–Crippen MR) is 118 cm³/mol. The number of benzene rings is 1. The fourth-order valence-electron chi connectivity index (χ4n) is 4.24. The van der Waals surface area contributed by atoms with Gasteiger partial charge in [-0.3, -0.25) is 14.9 Å². The predicted octanol–water partition coefficient (Wildman–Crippen LogP) is 3.48. The van der Waals surface area contributed by atoms with E-state index in [0.29, 0.717) is 28.9 Å². The van der Waals surface area contributed by atoms with E-state index in [1.54, 1.807) is 6.07 Å². The first kappa shape index (κ1) is 21.3. The Hall–Kier alpha value is -0.950.